The summed E-state index contributed by atoms with van der Waals surface area (Å²) in [5, 5.41) is 11.4. The Kier molecular flexibility index (Phi) is 7.06. The summed E-state index contributed by atoms with van der Waals surface area (Å²) in [6.07, 6.45) is -1.16. The van der Waals surface area contributed by atoms with Gasteiger partial charge in [-0.3, -0.25) is 9.63 Å². The first-order chi connectivity index (χ1) is 13.7. The maximum Gasteiger partial charge on any atom is 0.338 e. The fourth-order valence-corrected chi connectivity index (χ4v) is 3.24. The predicted molar refractivity (Wildman–Crippen MR) is 103 cm³/mol. The fraction of sp³-hybridized carbons (Fsp3) is 0.211. The van der Waals surface area contributed by atoms with Crippen LogP contribution in [0.2, 0.25) is 0 Å². The number of carbonyl (C=O) groups excluding carboxylic acids is 2. The van der Waals surface area contributed by atoms with Crippen LogP contribution in [0.25, 0.3) is 0 Å². The highest BCUT2D eigenvalue weighted by molar-refractivity contribution is 7.89. The Bertz CT molecular complexity index is 1060. The predicted octanol–water partition coefficient (Wildman–Crippen LogP) is 1.92. The molecule has 1 N–H and O–H groups in total. The molecule has 0 fully saturated rings. The minimum Gasteiger partial charge on any atom is -0.449 e. The third-order valence-corrected chi connectivity index (χ3v) is 5.55. The van der Waals surface area contributed by atoms with Gasteiger partial charge in [-0.2, -0.15) is 5.26 Å². The molecule has 0 aromatic heterocycles. The standard InChI is InChI=1S/C19H19N3O6S/c1-13(18(23)21-16-8-4-6-14(10-16)12-20)28-19(24)15-7-5-9-17(11-15)29(25,26)22(2)27-3/h4-11,13H,1-3H3,(H,21,23)/t13-/m1/s1. The molecular weight excluding hydrogens is 398 g/mol. The first-order valence-corrected chi connectivity index (χ1v) is 9.78. The van der Waals surface area contributed by atoms with Crippen LogP contribution in [0.3, 0.4) is 0 Å². The van der Waals surface area contributed by atoms with E-state index < -0.39 is 28.0 Å². The maximum atomic E-state index is 12.3. The molecule has 9 nitrogen and oxygen atoms in total. The number of nitrogens with zero attached hydrogens (tertiary/aromatic N) is 2. The molecule has 0 unspecified atom stereocenters. The van der Waals surface area contributed by atoms with E-state index in [1.807, 2.05) is 6.07 Å². The van der Waals surface area contributed by atoms with Crippen molar-refractivity contribution in [1.82, 2.24) is 4.47 Å². The Labute approximate surface area is 168 Å². The summed E-state index contributed by atoms with van der Waals surface area (Å²) < 4.78 is 30.4. The topological polar surface area (TPSA) is 126 Å². The molecule has 0 bridgehead atoms. The second kappa shape index (κ2) is 9.29. The zero-order chi connectivity index (χ0) is 21.6. The average Bonchev–Trinajstić information content (AvgIpc) is 2.73. The minimum absolute atomic E-state index is 0.0401. The molecule has 0 radical (unpaired) electrons. The van der Waals surface area contributed by atoms with E-state index in [4.69, 9.17) is 14.8 Å². The van der Waals surface area contributed by atoms with Crippen molar-refractivity contribution < 1.29 is 27.6 Å². The number of nitrogens with one attached hydrogen (secondary N) is 1. The third kappa shape index (κ3) is 5.39. The van der Waals surface area contributed by atoms with Crippen molar-refractivity contribution in [2.75, 3.05) is 19.5 Å². The summed E-state index contributed by atoms with van der Waals surface area (Å²) >= 11 is 0. The van der Waals surface area contributed by atoms with Crippen LogP contribution >= 0.6 is 0 Å². The Morgan fingerprint density at radius 1 is 1.17 bits per heavy atom. The van der Waals surface area contributed by atoms with Crippen LogP contribution in [0, 0.1) is 11.3 Å². The Morgan fingerprint density at radius 3 is 2.52 bits per heavy atom. The summed E-state index contributed by atoms with van der Waals surface area (Å²) in [6, 6.07) is 13.4. The number of anilines is 1. The normalized spacial score (nSPS) is 12.1. The molecule has 2 aromatic carbocycles. The molecule has 10 heteroatoms. The van der Waals surface area contributed by atoms with Gasteiger partial charge in [-0.1, -0.05) is 16.6 Å². The molecule has 2 rings (SSSR count). The van der Waals surface area contributed by atoms with E-state index in [0.29, 0.717) is 15.7 Å². The molecule has 152 valence electrons. The van der Waals surface area contributed by atoms with E-state index in [-0.39, 0.29) is 10.5 Å². The van der Waals surface area contributed by atoms with Gasteiger partial charge in [0, 0.05) is 12.7 Å². The van der Waals surface area contributed by atoms with Crippen molar-refractivity contribution in [3.8, 4) is 6.07 Å². The molecule has 29 heavy (non-hydrogen) atoms. The molecule has 1 amide bonds. The van der Waals surface area contributed by atoms with E-state index in [0.717, 1.165) is 6.07 Å². The number of esters is 1. The molecule has 0 saturated carbocycles. The molecule has 2 aromatic rings. The lowest BCUT2D eigenvalue weighted by molar-refractivity contribution is -0.123. The zero-order valence-corrected chi connectivity index (χ0v) is 16.8. The van der Waals surface area contributed by atoms with Gasteiger partial charge in [0.25, 0.3) is 15.9 Å². The van der Waals surface area contributed by atoms with Crippen molar-refractivity contribution in [1.29, 1.82) is 5.26 Å². The van der Waals surface area contributed by atoms with Crippen LogP contribution in [0.1, 0.15) is 22.8 Å². The molecule has 0 aliphatic carbocycles. The van der Waals surface area contributed by atoms with E-state index in [2.05, 4.69) is 5.32 Å². The van der Waals surface area contributed by atoms with Gasteiger partial charge in [-0.05, 0) is 43.3 Å². The number of hydrogen-bond donors (Lipinski definition) is 1. The van der Waals surface area contributed by atoms with Crippen molar-refractivity contribution in [2.45, 2.75) is 17.9 Å². The number of rotatable bonds is 7. The SMILES string of the molecule is CON(C)S(=O)(=O)c1cccc(C(=O)O[C@H](C)C(=O)Nc2cccc(C#N)c2)c1. The quantitative estimate of drug-likeness (QED) is 0.539. The molecule has 0 spiro atoms. The summed E-state index contributed by atoms with van der Waals surface area (Å²) in [4.78, 5) is 29.1. The Morgan fingerprint density at radius 2 is 1.86 bits per heavy atom. The lowest BCUT2D eigenvalue weighted by Gasteiger charge is -2.16. The van der Waals surface area contributed by atoms with E-state index in [1.165, 1.54) is 45.3 Å². The molecule has 0 aliphatic rings. The first kappa shape index (κ1) is 22.0. The van der Waals surface area contributed by atoms with Crippen LogP contribution in [0.15, 0.2) is 53.4 Å². The lowest BCUT2D eigenvalue weighted by atomic mass is 10.2. The van der Waals surface area contributed by atoms with E-state index in [9.17, 15) is 18.0 Å². The minimum atomic E-state index is -3.94. The van der Waals surface area contributed by atoms with Crippen LogP contribution < -0.4 is 5.32 Å². The summed E-state index contributed by atoms with van der Waals surface area (Å²) in [6.45, 7) is 1.38. The smallest absolute Gasteiger partial charge is 0.338 e. The highest BCUT2D eigenvalue weighted by Crippen LogP contribution is 2.17. The first-order valence-electron chi connectivity index (χ1n) is 8.34. The van der Waals surface area contributed by atoms with Crippen LogP contribution in [0.5, 0.6) is 0 Å². The number of hydroxylamine groups is 1. The van der Waals surface area contributed by atoms with Gasteiger partial charge in [-0.25, -0.2) is 13.2 Å². The largest absolute Gasteiger partial charge is 0.449 e. The summed E-state index contributed by atoms with van der Waals surface area (Å²) in [7, 11) is -1.53. The van der Waals surface area contributed by atoms with Crippen molar-refractivity contribution in [2.24, 2.45) is 0 Å². The van der Waals surface area contributed by atoms with Crippen molar-refractivity contribution in [3.05, 3.63) is 59.7 Å². The summed E-state index contributed by atoms with van der Waals surface area (Å²) in [5.74, 6) is -1.47. The number of sulfonamides is 1. The average molecular weight is 417 g/mol. The number of carbonyl (C=O) groups is 2. The molecule has 0 aliphatic heterocycles. The molecule has 1 atom stereocenters. The van der Waals surface area contributed by atoms with Crippen LogP contribution in [-0.4, -0.2) is 45.0 Å². The van der Waals surface area contributed by atoms with Gasteiger partial charge in [0.05, 0.1) is 29.2 Å². The van der Waals surface area contributed by atoms with E-state index >= 15 is 0 Å². The number of benzene rings is 2. The number of nitriles is 1. The van der Waals surface area contributed by atoms with Crippen LogP contribution in [0.4, 0.5) is 5.69 Å². The fourth-order valence-electron chi connectivity index (χ4n) is 2.22. The van der Waals surface area contributed by atoms with Gasteiger partial charge < -0.3 is 10.1 Å². The van der Waals surface area contributed by atoms with E-state index in [1.54, 1.807) is 18.2 Å². The van der Waals surface area contributed by atoms with Gasteiger partial charge in [0.1, 0.15) is 0 Å². The molecule has 0 heterocycles. The third-order valence-electron chi connectivity index (χ3n) is 3.88. The number of hydrogen-bond acceptors (Lipinski definition) is 7. The van der Waals surface area contributed by atoms with Gasteiger partial charge in [0.2, 0.25) is 0 Å². The highest BCUT2D eigenvalue weighted by Gasteiger charge is 2.24. The number of ether oxygens (including phenoxy) is 1. The molecular formula is C19H19N3O6S. The maximum absolute atomic E-state index is 12.3. The van der Waals surface area contributed by atoms with Gasteiger partial charge >= 0.3 is 5.97 Å². The van der Waals surface area contributed by atoms with Crippen molar-refractivity contribution in [3.63, 3.8) is 0 Å². The van der Waals surface area contributed by atoms with Gasteiger partial charge in [0.15, 0.2) is 6.10 Å². The number of amides is 1. The Balaban J connectivity index is 2.10. The van der Waals surface area contributed by atoms with Gasteiger partial charge in [-0.15, -0.1) is 0 Å². The second-order valence-electron chi connectivity index (χ2n) is 5.85. The monoisotopic (exact) mass is 417 g/mol. The zero-order valence-electron chi connectivity index (χ0n) is 15.9. The summed E-state index contributed by atoms with van der Waals surface area (Å²) in [5.41, 5.74) is 0.709. The van der Waals surface area contributed by atoms with Crippen LogP contribution in [-0.2, 0) is 24.4 Å². The Hall–Kier alpha value is -3.26. The lowest BCUT2D eigenvalue weighted by Crippen LogP contribution is -2.30. The molecule has 0 saturated heterocycles. The van der Waals surface area contributed by atoms with Crippen molar-refractivity contribution >= 4 is 27.6 Å². The second-order valence-corrected chi connectivity index (χ2v) is 7.79. The highest BCUT2D eigenvalue weighted by atomic mass is 32.2.